The molecule has 0 saturated carbocycles. The molecule has 0 bridgehead atoms. The largest absolute Gasteiger partial charge is 0.381 e. The van der Waals surface area contributed by atoms with Gasteiger partial charge in [0.1, 0.15) is 5.82 Å². The number of hydrogen-bond donors (Lipinski definition) is 0. The van der Waals surface area contributed by atoms with E-state index < -0.39 is 5.82 Å². The van der Waals surface area contributed by atoms with Crippen molar-refractivity contribution in [1.82, 2.24) is 0 Å². The van der Waals surface area contributed by atoms with Gasteiger partial charge < -0.3 is 4.74 Å². The Hall–Kier alpha value is -1.22. The fourth-order valence-electron chi connectivity index (χ4n) is 1.79. The van der Waals surface area contributed by atoms with Crippen molar-refractivity contribution >= 4 is 5.78 Å². The Morgan fingerprint density at radius 3 is 3.00 bits per heavy atom. The predicted molar refractivity (Wildman–Crippen MR) is 54.4 cm³/mol. The summed E-state index contributed by atoms with van der Waals surface area (Å²) in [6, 6.07) is 4.62. The second-order valence-electron chi connectivity index (χ2n) is 3.91. The Balaban J connectivity index is 2.27. The third-order valence-corrected chi connectivity index (χ3v) is 2.69. The molecule has 0 aromatic heterocycles. The third-order valence-electron chi connectivity index (χ3n) is 2.69. The van der Waals surface area contributed by atoms with E-state index in [9.17, 15) is 9.18 Å². The maximum absolute atomic E-state index is 13.4. The van der Waals surface area contributed by atoms with Crippen molar-refractivity contribution in [2.45, 2.75) is 13.3 Å². The molecule has 0 N–H and O–H groups in total. The van der Waals surface area contributed by atoms with Crippen molar-refractivity contribution in [3.63, 3.8) is 0 Å². The number of ether oxygens (including phenoxy) is 1. The smallest absolute Gasteiger partial charge is 0.171 e. The molecule has 2 rings (SSSR count). The van der Waals surface area contributed by atoms with Gasteiger partial charge >= 0.3 is 0 Å². The molecule has 1 heterocycles. The zero-order valence-electron chi connectivity index (χ0n) is 8.63. The highest BCUT2D eigenvalue weighted by atomic mass is 19.1. The van der Waals surface area contributed by atoms with E-state index in [0.717, 1.165) is 5.56 Å². The predicted octanol–water partition coefficient (Wildman–Crippen LogP) is 2.35. The average Bonchev–Trinajstić information content (AvgIpc) is 2.74. The molecule has 0 spiro atoms. The highest BCUT2D eigenvalue weighted by Crippen LogP contribution is 2.20. The van der Waals surface area contributed by atoms with Crippen LogP contribution in [-0.4, -0.2) is 19.0 Å². The first-order valence-electron chi connectivity index (χ1n) is 5.06. The molecule has 1 aliphatic heterocycles. The van der Waals surface area contributed by atoms with E-state index in [0.29, 0.717) is 19.6 Å². The van der Waals surface area contributed by atoms with Gasteiger partial charge in [-0.1, -0.05) is 11.6 Å². The Morgan fingerprint density at radius 1 is 1.53 bits per heavy atom. The Bertz CT molecular complexity index is 381. The Labute approximate surface area is 88.1 Å². The molecule has 0 radical (unpaired) electrons. The van der Waals surface area contributed by atoms with Gasteiger partial charge in [0.15, 0.2) is 5.78 Å². The Kier molecular flexibility index (Phi) is 2.82. The van der Waals surface area contributed by atoms with Crippen molar-refractivity contribution in [3.05, 3.63) is 35.1 Å². The van der Waals surface area contributed by atoms with Crippen LogP contribution in [0.2, 0.25) is 0 Å². The number of Topliss-reactive ketones (excluding diaryl/α,β-unsaturated/α-hetero) is 1. The van der Waals surface area contributed by atoms with Crippen LogP contribution in [0.3, 0.4) is 0 Å². The van der Waals surface area contributed by atoms with Gasteiger partial charge in [-0.25, -0.2) is 4.39 Å². The number of hydrogen-bond acceptors (Lipinski definition) is 2. The maximum Gasteiger partial charge on any atom is 0.171 e. The van der Waals surface area contributed by atoms with Crippen LogP contribution < -0.4 is 0 Å². The first kappa shape index (κ1) is 10.3. The van der Waals surface area contributed by atoms with Crippen LogP contribution >= 0.6 is 0 Å². The molecular weight excluding hydrogens is 195 g/mol. The summed E-state index contributed by atoms with van der Waals surface area (Å²) in [6.45, 7) is 2.87. The summed E-state index contributed by atoms with van der Waals surface area (Å²) >= 11 is 0. The Morgan fingerprint density at radius 2 is 2.33 bits per heavy atom. The average molecular weight is 208 g/mol. The highest BCUT2D eigenvalue weighted by Gasteiger charge is 2.26. The van der Waals surface area contributed by atoms with Gasteiger partial charge in [-0.05, 0) is 25.5 Å². The lowest BCUT2D eigenvalue weighted by Gasteiger charge is -2.08. The van der Waals surface area contributed by atoms with Crippen LogP contribution in [0.4, 0.5) is 4.39 Å². The fourth-order valence-corrected chi connectivity index (χ4v) is 1.79. The van der Waals surface area contributed by atoms with E-state index in [4.69, 9.17) is 4.74 Å². The first-order valence-corrected chi connectivity index (χ1v) is 5.06. The van der Waals surface area contributed by atoms with E-state index in [-0.39, 0.29) is 17.3 Å². The van der Waals surface area contributed by atoms with Crippen LogP contribution in [0.15, 0.2) is 18.2 Å². The van der Waals surface area contributed by atoms with Gasteiger partial charge in [0, 0.05) is 12.5 Å². The van der Waals surface area contributed by atoms with Gasteiger partial charge in [-0.2, -0.15) is 0 Å². The molecular formula is C12H13FO2. The second-order valence-corrected chi connectivity index (χ2v) is 3.91. The quantitative estimate of drug-likeness (QED) is 0.697. The molecule has 3 heteroatoms. The topological polar surface area (TPSA) is 26.3 Å². The molecule has 0 amide bonds. The number of aryl methyl sites for hydroxylation is 1. The maximum atomic E-state index is 13.4. The summed E-state index contributed by atoms with van der Waals surface area (Å²) in [4.78, 5) is 11.9. The van der Waals surface area contributed by atoms with Crippen molar-refractivity contribution in [1.29, 1.82) is 0 Å². The number of rotatable bonds is 2. The van der Waals surface area contributed by atoms with E-state index >= 15 is 0 Å². The lowest BCUT2D eigenvalue weighted by Crippen LogP contribution is -2.16. The molecule has 1 aromatic carbocycles. The molecule has 1 unspecified atom stereocenters. The number of carbonyl (C=O) groups excluding carboxylic acids is 1. The second kappa shape index (κ2) is 4.11. The molecule has 1 saturated heterocycles. The molecule has 0 aliphatic carbocycles. The van der Waals surface area contributed by atoms with Crippen LogP contribution in [-0.2, 0) is 4.74 Å². The molecule has 80 valence electrons. The zero-order valence-corrected chi connectivity index (χ0v) is 8.63. The van der Waals surface area contributed by atoms with Gasteiger partial charge in [0.25, 0.3) is 0 Å². The van der Waals surface area contributed by atoms with Crippen molar-refractivity contribution in [2.75, 3.05) is 13.2 Å². The standard InChI is InChI=1S/C12H13FO2/c1-8-2-3-11(13)10(6-8)12(14)9-4-5-15-7-9/h2-3,6,9H,4-5,7H2,1H3. The highest BCUT2D eigenvalue weighted by molar-refractivity contribution is 5.98. The van der Waals surface area contributed by atoms with Crippen molar-refractivity contribution in [3.8, 4) is 0 Å². The summed E-state index contributed by atoms with van der Waals surface area (Å²) in [5.74, 6) is -0.729. The monoisotopic (exact) mass is 208 g/mol. The van der Waals surface area contributed by atoms with E-state index in [1.54, 1.807) is 12.1 Å². The summed E-state index contributed by atoms with van der Waals surface area (Å²) in [5, 5.41) is 0. The summed E-state index contributed by atoms with van der Waals surface area (Å²) in [7, 11) is 0. The number of halogens is 1. The van der Waals surface area contributed by atoms with Gasteiger partial charge in [-0.3, -0.25) is 4.79 Å². The third kappa shape index (κ3) is 2.07. The lowest BCUT2D eigenvalue weighted by molar-refractivity contribution is 0.0896. The van der Waals surface area contributed by atoms with E-state index in [1.165, 1.54) is 6.07 Å². The van der Waals surface area contributed by atoms with Gasteiger partial charge in [0.05, 0.1) is 12.2 Å². The molecule has 1 aliphatic rings. The summed E-state index contributed by atoms with van der Waals surface area (Å²) < 4.78 is 18.5. The molecule has 1 aromatic rings. The normalized spacial score (nSPS) is 20.5. The zero-order chi connectivity index (χ0) is 10.8. The number of benzene rings is 1. The lowest BCUT2D eigenvalue weighted by atomic mass is 9.95. The SMILES string of the molecule is Cc1ccc(F)c(C(=O)C2CCOC2)c1. The summed E-state index contributed by atoms with van der Waals surface area (Å²) in [5.41, 5.74) is 1.10. The molecule has 15 heavy (non-hydrogen) atoms. The van der Waals surface area contributed by atoms with Crippen LogP contribution in [0.1, 0.15) is 22.3 Å². The number of ketones is 1. The van der Waals surface area contributed by atoms with Crippen molar-refractivity contribution < 1.29 is 13.9 Å². The van der Waals surface area contributed by atoms with Crippen molar-refractivity contribution in [2.24, 2.45) is 5.92 Å². The minimum atomic E-state index is -0.433. The fraction of sp³-hybridized carbons (Fsp3) is 0.417. The molecule has 2 nitrogen and oxygen atoms in total. The van der Waals surface area contributed by atoms with Crippen LogP contribution in [0, 0.1) is 18.7 Å². The van der Waals surface area contributed by atoms with Crippen LogP contribution in [0.5, 0.6) is 0 Å². The molecule has 1 atom stereocenters. The first-order chi connectivity index (χ1) is 7.18. The molecule has 1 fully saturated rings. The van der Waals surface area contributed by atoms with Crippen LogP contribution in [0.25, 0.3) is 0 Å². The van der Waals surface area contributed by atoms with E-state index in [2.05, 4.69) is 0 Å². The summed E-state index contributed by atoms with van der Waals surface area (Å²) in [6.07, 6.45) is 0.701. The number of carbonyl (C=O) groups is 1. The minimum Gasteiger partial charge on any atom is -0.381 e. The van der Waals surface area contributed by atoms with E-state index in [1.807, 2.05) is 6.92 Å². The van der Waals surface area contributed by atoms with Gasteiger partial charge in [0.2, 0.25) is 0 Å². The minimum absolute atomic E-state index is 0.131. The van der Waals surface area contributed by atoms with Gasteiger partial charge in [-0.15, -0.1) is 0 Å².